The molecule has 6 nitrogen and oxygen atoms in total. The Kier molecular flexibility index (Phi) is 6.71. The van der Waals surface area contributed by atoms with Crippen molar-refractivity contribution in [3.8, 4) is 0 Å². The number of hydrogen-bond acceptors (Lipinski definition) is 4. The molecule has 0 saturated carbocycles. The quantitative estimate of drug-likeness (QED) is 0.796. The minimum Gasteiger partial charge on any atom is -0.452 e. The summed E-state index contributed by atoms with van der Waals surface area (Å²) >= 11 is 0. The van der Waals surface area contributed by atoms with E-state index in [0.29, 0.717) is 5.56 Å². The highest BCUT2D eigenvalue weighted by molar-refractivity contribution is 5.96. The first-order chi connectivity index (χ1) is 12.8. The van der Waals surface area contributed by atoms with Crippen molar-refractivity contribution in [2.45, 2.75) is 20.8 Å². The first-order valence-electron chi connectivity index (χ1n) is 8.61. The van der Waals surface area contributed by atoms with Gasteiger partial charge in [-0.2, -0.15) is 0 Å². The molecule has 2 amide bonds. The van der Waals surface area contributed by atoms with Crippen LogP contribution >= 0.6 is 0 Å². The average Bonchev–Trinajstić information content (AvgIpc) is 2.62. The smallest absolute Gasteiger partial charge is 0.338 e. The molecule has 2 aromatic rings. The number of benzene rings is 2. The zero-order valence-corrected chi connectivity index (χ0v) is 16.0. The molecule has 0 atom stereocenters. The highest BCUT2D eigenvalue weighted by Crippen LogP contribution is 2.19. The fraction of sp³-hybridized carbons (Fsp3) is 0.286. The van der Waals surface area contributed by atoms with Gasteiger partial charge in [0, 0.05) is 12.7 Å². The third-order valence-electron chi connectivity index (χ3n) is 4.13. The van der Waals surface area contributed by atoms with Crippen molar-refractivity contribution < 1.29 is 19.1 Å². The zero-order valence-electron chi connectivity index (χ0n) is 16.0. The van der Waals surface area contributed by atoms with E-state index in [2.05, 4.69) is 5.32 Å². The van der Waals surface area contributed by atoms with Crippen molar-refractivity contribution in [3.05, 3.63) is 64.7 Å². The Hall–Kier alpha value is -3.15. The molecule has 2 aromatic carbocycles. The van der Waals surface area contributed by atoms with Gasteiger partial charge in [-0.3, -0.25) is 9.59 Å². The zero-order chi connectivity index (χ0) is 20.0. The van der Waals surface area contributed by atoms with Gasteiger partial charge in [0.25, 0.3) is 5.91 Å². The van der Waals surface area contributed by atoms with Crippen molar-refractivity contribution in [1.82, 2.24) is 4.90 Å². The van der Waals surface area contributed by atoms with E-state index in [-0.39, 0.29) is 12.5 Å². The molecule has 0 aromatic heterocycles. The molecule has 6 heteroatoms. The molecule has 0 saturated heterocycles. The number of aryl methyl sites for hydroxylation is 3. The molecule has 0 spiro atoms. The van der Waals surface area contributed by atoms with Gasteiger partial charge in [-0.15, -0.1) is 0 Å². The summed E-state index contributed by atoms with van der Waals surface area (Å²) in [5.41, 5.74) is 3.96. The highest BCUT2D eigenvalue weighted by atomic mass is 16.5. The molecule has 1 N–H and O–H groups in total. The number of anilines is 1. The molecule has 0 aliphatic rings. The Morgan fingerprint density at radius 3 is 2.26 bits per heavy atom. The molecule has 142 valence electrons. The number of nitrogens with zero attached hydrogens (tertiary/aromatic N) is 1. The number of likely N-dealkylation sites (N-methyl/N-ethyl adjacent to an activating group) is 1. The maximum atomic E-state index is 12.2. The van der Waals surface area contributed by atoms with Crippen LogP contribution in [0.2, 0.25) is 0 Å². The van der Waals surface area contributed by atoms with Crippen LogP contribution in [0.3, 0.4) is 0 Å². The molecule has 0 bridgehead atoms. The Morgan fingerprint density at radius 2 is 1.63 bits per heavy atom. The normalized spacial score (nSPS) is 10.2. The molecule has 27 heavy (non-hydrogen) atoms. The molecular formula is C21H24N2O4. The van der Waals surface area contributed by atoms with Crippen molar-refractivity contribution in [2.24, 2.45) is 0 Å². The van der Waals surface area contributed by atoms with E-state index in [1.165, 1.54) is 11.9 Å². The molecule has 0 radical (unpaired) electrons. The Balaban J connectivity index is 1.86. The lowest BCUT2D eigenvalue weighted by Crippen LogP contribution is -2.37. The second-order valence-electron chi connectivity index (χ2n) is 6.51. The van der Waals surface area contributed by atoms with E-state index < -0.39 is 18.5 Å². The number of ether oxygens (including phenoxy) is 1. The lowest BCUT2D eigenvalue weighted by molar-refractivity contribution is -0.136. The van der Waals surface area contributed by atoms with Crippen LogP contribution in [0, 0.1) is 20.8 Å². The van der Waals surface area contributed by atoms with Crippen LogP contribution in [0.1, 0.15) is 27.0 Å². The monoisotopic (exact) mass is 368 g/mol. The van der Waals surface area contributed by atoms with E-state index >= 15 is 0 Å². The molecule has 0 aliphatic heterocycles. The maximum Gasteiger partial charge on any atom is 0.338 e. The van der Waals surface area contributed by atoms with Gasteiger partial charge in [-0.05, 0) is 44.0 Å². The minimum absolute atomic E-state index is 0.130. The van der Waals surface area contributed by atoms with Gasteiger partial charge < -0.3 is 15.0 Å². The van der Waals surface area contributed by atoms with Crippen molar-refractivity contribution in [3.63, 3.8) is 0 Å². The third kappa shape index (κ3) is 5.67. The van der Waals surface area contributed by atoms with Crippen LogP contribution in [0.25, 0.3) is 0 Å². The van der Waals surface area contributed by atoms with E-state index in [1.54, 1.807) is 18.2 Å². The van der Waals surface area contributed by atoms with E-state index in [0.717, 1.165) is 22.4 Å². The SMILES string of the molecule is Cc1cccc(C(=O)OCC(=O)N(C)CC(=O)Nc2c(C)cccc2C)c1. The van der Waals surface area contributed by atoms with Gasteiger partial charge >= 0.3 is 5.97 Å². The van der Waals surface area contributed by atoms with E-state index in [4.69, 9.17) is 4.74 Å². The first-order valence-corrected chi connectivity index (χ1v) is 8.61. The lowest BCUT2D eigenvalue weighted by Gasteiger charge is -2.18. The molecule has 0 unspecified atom stereocenters. The van der Waals surface area contributed by atoms with Crippen LogP contribution < -0.4 is 5.32 Å². The fourth-order valence-corrected chi connectivity index (χ4v) is 2.59. The summed E-state index contributed by atoms with van der Waals surface area (Å²) in [6.07, 6.45) is 0. The highest BCUT2D eigenvalue weighted by Gasteiger charge is 2.17. The number of amides is 2. The van der Waals surface area contributed by atoms with Crippen molar-refractivity contribution in [1.29, 1.82) is 0 Å². The number of carbonyl (C=O) groups excluding carboxylic acids is 3. The summed E-state index contributed by atoms with van der Waals surface area (Å²) in [5.74, 6) is -1.33. The molecule has 0 heterocycles. The number of nitrogens with one attached hydrogen (secondary N) is 1. The van der Waals surface area contributed by atoms with Gasteiger partial charge in [0.2, 0.25) is 5.91 Å². The van der Waals surface area contributed by atoms with Crippen LogP contribution in [0.5, 0.6) is 0 Å². The van der Waals surface area contributed by atoms with Gasteiger partial charge in [0.15, 0.2) is 6.61 Å². The summed E-state index contributed by atoms with van der Waals surface area (Å²) in [6, 6.07) is 12.7. The first kappa shape index (κ1) is 20.2. The Morgan fingerprint density at radius 1 is 1.00 bits per heavy atom. The van der Waals surface area contributed by atoms with Crippen molar-refractivity contribution >= 4 is 23.5 Å². The molecule has 0 fully saturated rings. The minimum atomic E-state index is -0.569. The fourth-order valence-electron chi connectivity index (χ4n) is 2.59. The summed E-state index contributed by atoms with van der Waals surface area (Å²) in [6.45, 7) is 5.13. The van der Waals surface area contributed by atoms with Gasteiger partial charge in [0.1, 0.15) is 0 Å². The topological polar surface area (TPSA) is 75.7 Å². The average molecular weight is 368 g/mol. The van der Waals surface area contributed by atoms with E-state index in [9.17, 15) is 14.4 Å². The number of carbonyl (C=O) groups is 3. The van der Waals surface area contributed by atoms with Gasteiger partial charge in [-0.25, -0.2) is 4.79 Å². The largest absolute Gasteiger partial charge is 0.452 e. The molecule has 0 aliphatic carbocycles. The van der Waals surface area contributed by atoms with Crippen molar-refractivity contribution in [2.75, 3.05) is 25.5 Å². The number of hydrogen-bond donors (Lipinski definition) is 1. The second-order valence-corrected chi connectivity index (χ2v) is 6.51. The second kappa shape index (κ2) is 8.98. The maximum absolute atomic E-state index is 12.2. The number of para-hydroxylation sites is 1. The van der Waals surface area contributed by atoms with E-state index in [1.807, 2.05) is 45.0 Å². The van der Waals surface area contributed by atoms with Crippen LogP contribution in [-0.2, 0) is 14.3 Å². The predicted octanol–water partition coefficient (Wildman–Crippen LogP) is 2.87. The standard InChI is InChI=1S/C21H24N2O4/c1-14-7-5-10-17(11-14)21(26)27-13-19(25)23(4)12-18(24)22-20-15(2)8-6-9-16(20)3/h5-11H,12-13H2,1-4H3,(H,22,24). The third-order valence-corrected chi connectivity index (χ3v) is 4.13. The lowest BCUT2D eigenvalue weighted by atomic mass is 10.1. The van der Waals surface area contributed by atoms with Crippen LogP contribution in [-0.4, -0.2) is 42.9 Å². The summed E-state index contributed by atoms with van der Waals surface area (Å²) in [4.78, 5) is 37.6. The summed E-state index contributed by atoms with van der Waals surface area (Å²) < 4.78 is 5.04. The Bertz CT molecular complexity index is 841. The molecular weight excluding hydrogens is 344 g/mol. The number of esters is 1. The Labute approximate surface area is 159 Å². The van der Waals surface area contributed by atoms with Crippen LogP contribution in [0.4, 0.5) is 5.69 Å². The van der Waals surface area contributed by atoms with Gasteiger partial charge in [-0.1, -0.05) is 35.9 Å². The predicted molar refractivity (Wildman–Crippen MR) is 104 cm³/mol. The number of rotatable bonds is 6. The van der Waals surface area contributed by atoms with Gasteiger partial charge in [0.05, 0.1) is 12.1 Å². The summed E-state index contributed by atoms with van der Waals surface area (Å²) in [5, 5.41) is 2.82. The van der Waals surface area contributed by atoms with Crippen LogP contribution in [0.15, 0.2) is 42.5 Å². The summed E-state index contributed by atoms with van der Waals surface area (Å²) in [7, 11) is 1.49. The molecule has 2 rings (SSSR count).